The van der Waals surface area contributed by atoms with Gasteiger partial charge < -0.3 is 9.84 Å². The Balaban J connectivity index is 2.42. The summed E-state index contributed by atoms with van der Waals surface area (Å²) in [6, 6.07) is 4.71. The number of aliphatic hydroxyl groups excluding tert-OH is 1. The number of nitrogens with zero attached hydrogens (tertiary/aromatic N) is 1. The molecule has 0 aliphatic rings. The van der Waals surface area contributed by atoms with Gasteiger partial charge in [-0.15, -0.1) is 11.3 Å². The predicted molar refractivity (Wildman–Crippen MR) is 64.7 cm³/mol. The lowest BCUT2D eigenvalue weighted by Gasteiger charge is -2.02. The van der Waals surface area contributed by atoms with E-state index in [2.05, 4.69) is 4.98 Å². The van der Waals surface area contributed by atoms with Crippen LogP contribution in [0.1, 0.15) is 10.6 Å². The minimum Gasteiger partial charge on any atom is -0.494 e. The van der Waals surface area contributed by atoms with Crippen LogP contribution in [0.3, 0.4) is 0 Å². The van der Waals surface area contributed by atoms with Crippen LogP contribution in [-0.4, -0.2) is 17.2 Å². The zero-order chi connectivity index (χ0) is 12.4. The summed E-state index contributed by atoms with van der Waals surface area (Å²) in [5, 5.41) is 9.77. The third kappa shape index (κ3) is 2.30. The highest BCUT2D eigenvalue weighted by molar-refractivity contribution is 7.15. The number of aliphatic hydroxyl groups is 1. The molecule has 0 saturated carbocycles. The second-order valence-electron chi connectivity index (χ2n) is 3.53. The SMILES string of the molecule is COc1ccc(-c2nc(CO)c(C)s2)cc1F. The number of thiazole rings is 1. The molecule has 0 aliphatic carbocycles. The molecule has 0 atom stereocenters. The largest absolute Gasteiger partial charge is 0.494 e. The maximum Gasteiger partial charge on any atom is 0.165 e. The fourth-order valence-corrected chi connectivity index (χ4v) is 2.42. The van der Waals surface area contributed by atoms with Gasteiger partial charge in [0.25, 0.3) is 0 Å². The van der Waals surface area contributed by atoms with Crippen LogP contribution < -0.4 is 4.74 Å². The van der Waals surface area contributed by atoms with E-state index in [1.807, 2.05) is 6.92 Å². The molecule has 3 nitrogen and oxygen atoms in total. The van der Waals surface area contributed by atoms with Gasteiger partial charge >= 0.3 is 0 Å². The van der Waals surface area contributed by atoms with Crippen molar-refractivity contribution in [1.29, 1.82) is 0 Å². The van der Waals surface area contributed by atoms with Crippen LogP contribution in [0.4, 0.5) is 4.39 Å². The first-order valence-electron chi connectivity index (χ1n) is 5.06. The van der Waals surface area contributed by atoms with Crippen molar-refractivity contribution in [3.05, 3.63) is 34.6 Å². The molecule has 0 saturated heterocycles. The standard InChI is InChI=1S/C12H12FNO2S/c1-7-10(6-15)14-12(17-7)8-3-4-11(16-2)9(13)5-8/h3-5,15H,6H2,1-2H3. The molecule has 0 unspecified atom stereocenters. The molecule has 0 radical (unpaired) electrons. The number of methoxy groups -OCH3 is 1. The second-order valence-corrected chi connectivity index (χ2v) is 4.73. The molecule has 0 aliphatic heterocycles. The summed E-state index contributed by atoms with van der Waals surface area (Å²) in [7, 11) is 1.43. The minimum atomic E-state index is -0.414. The van der Waals surface area contributed by atoms with Crippen LogP contribution in [0.15, 0.2) is 18.2 Å². The third-order valence-electron chi connectivity index (χ3n) is 2.44. The Morgan fingerprint density at radius 3 is 2.76 bits per heavy atom. The summed E-state index contributed by atoms with van der Waals surface area (Å²) >= 11 is 1.44. The second kappa shape index (κ2) is 4.81. The molecule has 1 N–H and O–H groups in total. The highest BCUT2D eigenvalue weighted by atomic mass is 32.1. The zero-order valence-corrected chi connectivity index (χ0v) is 10.3. The summed E-state index contributed by atoms with van der Waals surface area (Å²) in [4.78, 5) is 5.20. The van der Waals surface area contributed by atoms with E-state index in [4.69, 9.17) is 9.84 Å². The first-order valence-corrected chi connectivity index (χ1v) is 5.88. The molecule has 1 heterocycles. The molecule has 0 fully saturated rings. The Labute approximate surface area is 103 Å². The number of hydrogen-bond acceptors (Lipinski definition) is 4. The number of rotatable bonds is 3. The Morgan fingerprint density at radius 2 is 2.24 bits per heavy atom. The van der Waals surface area contributed by atoms with E-state index in [1.54, 1.807) is 12.1 Å². The molecule has 2 aromatic rings. The number of aryl methyl sites for hydroxylation is 1. The lowest BCUT2D eigenvalue weighted by molar-refractivity contribution is 0.277. The van der Waals surface area contributed by atoms with Crippen molar-refractivity contribution in [2.24, 2.45) is 0 Å². The number of ether oxygens (including phenoxy) is 1. The average Bonchev–Trinajstić information content (AvgIpc) is 2.70. The lowest BCUT2D eigenvalue weighted by Crippen LogP contribution is -1.89. The topological polar surface area (TPSA) is 42.4 Å². The van der Waals surface area contributed by atoms with Gasteiger partial charge in [0, 0.05) is 10.4 Å². The molecular weight excluding hydrogens is 241 g/mol. The molecule has 1 aromatic carbocycles. The molecule has 90 valence electrons. The van der Waals surface area contributed by atoms with E-state index in [9.17, 15) is 4.39 Å². The van der Waals surface area contributed by atoms with Gasteiger partial charge in [-0.3, -0.25) is 0 Å². The lowest BCUT2D eigenvalue weighted by atomic mass is 10.2. The normalized spacial score (nSPS) is 10.6. The summed E-state index contributed by atoms with van der Waals surface area (Å²) in [5.74, 6) is -0.201. The van der Waals surface area contributed by atoms with Crippen LogP contribution in [0.25, 0.3) is 10.6 Å². The minimum absolute atomic E-state index is 0.0963. The van der Waals surface area contributed by atoms with Gasteiger partial charge in [-0.2, -0.15) is 0 Å². The van der Waals surface area contributed by atoms with Crippen molar-refractivity contribution < 1.29 is 14.2 Å². The van der Waals surface area contributed by atoms with Gasteiger partial charge in [-0.1, -0.05) is 0 Å². The van der Waals surface area contributed by atoms with Gasteiger partial charge in [0.05, 0.1) is 19.4 Å². The van der Waals surface area contributed by atoms with E-state index in [0.29, 0.717) is 16.3 Å². The van der Waals surface area contributed by atoms with Gasteiger partial charge in [0.1, 0.15) is 5.01 Å². The van der Waals surface area contributed by atoms with Crippen LogP contribution in [0.5, 0.6) is 5.75 Å². The van der Waals surface area contributed by atoms with E-state index in [1.165, 1.54) is 24.5 Å². The van der Waals surface area contributed by atoms with Crippen molar-refractivity contribution in [3.63, 3.8) is 0 Å². The van der Waals surface area contributed by atoms with Gasteiger partial charge in [-0.05, 0) is 25.1 Å². The Hall–Kier alpha value is -1.46. The maximum atomic E-state index is 13.5. The molecule has 5 heteroatoms. The smallest absolute Gasteiger partial charge is 0.165 e. The summed E-state index contributed by atoms with van der Waals surface area (Å²) in [6.07, 6.45) is 0. The molecule has 0 spiro atoms. The van der Waals surface area contributed by atoms with E-state index in [-0.39, 0.29) is 12.4 Å². The molecule has 17 heavy (non-hydrogen) atoms. The Morgan fingerprint density at radius 1 is 1.47 bits per heavy atom. The molecule has 0 amide bonds. The fourth-order valence-electron chi connectivity index (χ4n) is 1.50. The first-order chi connectivity index (χ1) is 8.15. The van der Waals surface area contributed by atoms with Crippen molar-refractivity contribution in [1.82, 2.24) is 4.98 Å². The highest BCUT2D eigenvalue weighted by Gasteiger charge is 2.11. The number of halogens is 1. The molecule has 1 aromatic heterocycles. The predicted octanol–water partition coefficient (Wildman–Crippen LogP) is 2.76. The van der Waals surface area contributed by atoms with Gasteiger partial charge in [0.15, 0.2) is 11.6 Å². The molecular formula is C12H12FNO2S. The number of aromatic nitrogens is 1. The quantitative estimate of drug-likeness (QED) is 0.914. The average molecular weight is 253 g/mol. The van der Waals surface area contributed by atoms with Crippen molar-refractivity contribution in [2.45, 2.75) is 13.5 Å². The van der Waals surface area contributed by atoms with E-state index in [0.717, 1.165) is 4.88 Å². The van der Waals surface area contributed by atoms with Crippen LogP contribution in [0.2, 0.25) is 0 Å². The van der Waals surface area contributed by atoms with Crippen LogP contribution in [0, 0.1) is 12.7 Å². The Kier molecular flexibility index (Phi) is 3.40. The Bertz CT molecular complexity index is 539. The van der Waals surface area contributed by atoms with Crippen molar-refractivity contribution in [2.75, 3.05) is 7.11 Å². The van der Waals surface area contributed by atoms with Crippen LogP contribution in [-0.2, 0) is 6.61 Å². The monoisotopic (exact) mass is 253 g/mol. The first kappa shape index (κ1) is 12.0. The van der Waals surface area contributed by atoms with Gasteiger partial charge in [-0.25, -0.2) is 9.37 Å². The molecule has 2 rings (SSSR count). The summed E-state index contributed by atoms with van der Waals surface area (Å²) in [6.45, 7) is 1.79. The zero-order valence-electron chi connectivity index (χ0n) is 9.53. The maximum absolute atomic E-state index is 13.5. The van der Waals surface area contributed by atoms with E-state index >= 15 is 0 Å². The third-order valence-corrected chi connectivity index (χ3v) is 3.50. The number of hydrogen-bond donors (Lipinski definition) is 1. The highest BCUT2D eigenvalue weighted by Crippen LogP contribution is 2.30. The summed E-state index contributed by atoms with van der Waals surface area (Å²) in [5.41, 5.74) is 1.33. The van der Waals surface area contributed by atoms with E-state index < -0.39 is 5.82 Å². The fraction of sp³-hybridized carbons (Fsp3) is 0.250. The molecule has 0 bridgehead atoms. The van der Waals surface area contributed by atoms with Crippen molar-refractivity contribution in [3.8, 4) is 16.3 Å². The van der Waals surface area contributed by atoms with Crippen molar-refractivity contribution >= 4 is 11.3 Å². The summed E-state index contributed by atoms with van der Waals surface area (Å²) < 4.78 is 18.4. The van der Waals surface area contributed by atoms with Gasteiger partial charge in [0.2, 0.25) is 0 Å². The number of benzene rings is 1. The van der Waals surface area contributed by atoms with Crippen LogP contribution >= 0.6 is 11.3 Å².